The minimum atomic E-state index is -0.0893. The van der Waals surface area contributed by atoms with E-state index in [4.69, 9.17) is 0 Å². The third-order valence-electron chi connectivity index (χ3n) is 1.80. The van der Waals surface area contributed by atoms with Gasteiger partial charge in [-0.25, -0.2) is 0 Å². The molecule has 1 amide bonds. The molecule has 0 saturated heterocycles. The van der Waals surface area contributed by atoms with Crippen molar-refractivity contribution in [3.8, 4) is 0 Å². The zero-order valence-corrected chi connectivity index (χ0v) is 7.99. The van der Waals surface area contributed by atoms with E-state index in [1.165, 1.54) is 0 Å². The van der Waals surface area contributed by atoms with Gasteiger partial charge in [-0.3, -0.25) is 4.79 Å². The number of amides is 1. The molecule has 0 atom stereocenters. The second-order valence-electron chi connectivity index (χ2n) is 2.91. The molecule has 0 saturated carbocycles. The van der Waals surface area contributed by atoms with Crippen molar-refractivity contribution < 1.29 is 4.79 Å². The molecule has 14 heavy (non-hydrogen) atoms. The van der Waals surface area contributed by atoms with Gasteiger partial charge in [0.1, 0.15) is 0 Å². The van der Waals surface area contributed by atoms with Gasteiger partial charge in [0.15, 0.2) is 0 Å². The van der Waals surface area contributed by atoms with Crippen molar-refractivity contribution in [3.63, 3.8) is 0 Å². The monoisotopic (exact) mass is 187 g/mol. The molecule has 0 aliphatic heterocycles. The van der Waals surface area contributed by atoms with Gasteiger partial charge in [0, 0.05) is 12.1 Å². The highest BCUT2D eigenvalue weighted by Gasteiger charge is 2.02. The third-order valence-corrected chi connectivity index (χ3v) is 1.80. The fourth-order valence-electron chi connectivity index (χ4n) is 0.958. The van der Waals surface area contributed by atoms with Crippen molar-refractivity contribution in [3.05, 3.63) is 60.7 Å². The van der Waals surface area contributed by atoms with Crippen LogP contribution in [0.25, 0.3) is 0 Å². The van der Waals surface area contributed by atoms with Crippen LogP contribution in [0.3, 0.4) is 0 Å². The number of hydrogen-bond donors (Lipinski definition) is 1. The first kappa shape index (κ1) is 10.3. The van der Waals surface area contributed by atoms with Crippen LogP contribution in [-0.4, -0.2) is 12.5 Å². The maximum atomic E-state index is 11.5. The van der Waals surface area contributed by atoms with Crippen molar-refractivity contribution in [2.45, 2.75) is 0 Å². The maximum absolute atomic E-state index is 11.5. The van der Waals surface area contributed by atoms with E-state index in [1.807, 2.05) is 18.2 Å². The number of carbonyl (C=O) groups excluding carboxylic acids is 1. The molecule has 0 unspecified atom stereocenters. The quantitative estimate of drug-likeness (QED) is 0.719. The predicted octanol–water partition coefficient (Wildman–Crippen LogP) is 2.16. The van der Waals surface area contributed by atoms with E-state index in [9.17, 15) is 4.79 Å². The summed E-state index contributed by atoms with van der Waals surface area (Å²) in [6.07, 6.45) is 1.63. The molecule has 0 aromatic heterocycles. The Morgan fingerprint density at radius 1 is 1.36 bits per heavy atom. The minimum Gasteiger partial charge on any atom is -0.348 e. The summed E-state index contributed by atoms with van der Waals surface area (Å²) in [7, 11) is 0. The summed E-state index contributed by atoms with van der Waals surface area (Å²) >= 11 is 0. The van der Waals surface area contributed by atoms with Gasteiger partial charge >= 0.3 is 0 Å². The van der Waals surface area contributed by atoms with E-state index in [2.05, 4.69) is 18.5 Å². The topological polar surface area (TPSA) is 29.1 Å². The van der Waals surface area contributed by atoms with Crippen LogP contribution in [0.15, 0.2) is 55.1 Å². The van der Waals surface area contributed by atoms with Gasteiger partial charge in [-0.2, -0.15) is 0 Å². The van der Waals surface area contributed by atoms with Crippen LogP contribution >= 0.6 is 0 Å². The molecule has 0 radical (unpaired) electrons. The minimum absolute atomic E-state index is 0.0893. The number of hydrogen-bond acceptors (Lipinski definition) is 1. The van der Waals surface area contributed by atoms with Crippen LogP contribution in [0, 0.1) is 0 Å². The van der Waals surface area contributed by atoms with Crippen LogP contribution in [0.4, 0.5) is 0 Å². The molecule has 1 aromatic rings. The summed E-state index contributed by atoms with van der Waals surface area (Å²) in [6.45, 7) is 7.71. The van der Waals surface area contributed by atoms with E-state index >= 15 is 0 Å². The first-order valence-electron chi connectivity index (χ1n) is 4.37. The summed E-state index contributed by atoms with van der Waals surface area (Å²) in [5.41, 5.74) is 1.46. The number of rotatable bonds is 4. The molecular weight excluding hydrogens is 174 g/mol. The normalized spacial score (nSPS) is 9.14. The summed E-state index contributed by atoms with van der Waals surface area (Å²) in [5, 5.41) is 2.74. The second-order valence-corrected chi connectivity index (χ2v) is 2.91. The van der Waals surface area contributed by atoms with Crippen molar-refractivity contribution in [1.82, 2.24) is 5.32 Å². The predicted molar refractivity (Wildman–Crippen MR) is 58.1 cm³/mol. The molecule has 0 heterocycles. The summed E-state index contributed by atoms with van der Waals surface area (Å²) in [4.78, 5) is 11.5. The Bertz CT molecular complexity index is 341. The van der Waals surface area contributed by atoms with Crippen molar-refractivity contribution >= 4 is 5.91 Å². The number of benzene rings is 1. The lowest BCUT2D eigenvalue weighted by Gasteiger charge is -2.04. The number of carbonyl (C=O) groups is 1. The average molecular weight is 187 g/mol. The fourth-order valence-corrected chi connectivity index (χ4v) is 0.958. The summed E-state index contributed by atoms with van der Waals surface area (Å²) < 4.78 is 0. The molecule has 1 rings (SSSR count). The summed E-state index contributed by atoms with van der Waals surface area (Å²) in [6, 6.07) is 9.08. The molecule has 0 spiro atoms. The first-order chi connectivity index (χ1) is 6.74. The van der Waals surface area contributed by atoms with Crippen molar-refractivity contribution in [2.24, 2.45) is 0 Å². The standard InChI is InChI=1S/C12H13NO/c1-3-10(2)9-13-12(14)11-7-5-4-6-8-11/h3-8H,1-2,9H2,(H,13,14). The highest BCUT2D eigenvalue weighted by molar-refractivity contribution is 5.94. The third kappa shape index (κ3) is 2.90. The van der Waals surface area contributed by atoms with Gasteiger partial charge in [-0.15, -0.1) is 0 Å². The number of nitrogens with one attached hydrogen (secondary N) is 1. The molecule has 0 fully saturated rings. The Kier molecular flexibility index (Phi) is 3.68. The molecule has 2 heteroatoms. The lowest BCUT2D eigenvalue weighted by Crippen LogP contribution is -2.24. The Morgan fingerprint density at radius 2 is 2.00 bits per heavy atom. The molecule has 1 aromatic carbocycles. The van der Waals surface area contributed by atoms with Gasteiger partial charge < -0.3 is 5.32 Å². The molecule has 72 valence electrons. The van der Waals surface area contributed by atoms with Crippen LogP contribution < -0.4 is 5.32 Å². The molecule has 0 bridgehead atoms. The summed E-state index contributed by atoms with van der Waals surface area (Å²) in [5.74, 6) is -0.0893. The first-order valence-corrected chi connectivity index (χ1v) is 4.37. The van der Waals surface area contributed by atoms with Gasteiger partial charge in [-0.05, 0) is 17.7 Å². The Labute approximate surface area is 84.0 Å². The van der Waals surface area contributed by atoms with Gasteiger partial charge in [0.25, 0.3) is 5.91 Å². The molecule has 2 nitrogen and oxygen atoms in total. The van der Waals surface area contributed by atoms with E-state index < -0.39 is 0 Å². The molecular formula is C12H13NO. The van der Waals surface area contributed by atoms with E-state index in [-0.39, 0.29) is 5.91 Å². The molecule has 0 aliphatic carbocycles. The Balaban J connectivity index is 2.52. The molecule has 1 N–H and O–H groups in total. The fraction of sp³-hybridized carbons (Fsp3) is 0.0833. The molecule has 0 aliphatic rings. The lowest BCUT2D eigenvalue weighted by atomic mass is 10.2. The van der Waals surface area contributed by atoms with Gasteiger partial charge in [0.05, 0.1) is 0 Å². The van der Waals surface area contributed by atoms with Crippen LogP contribution in [0.2, 0.25) is 0 Å². The average Bonchev–Trinajstić information content (AvgIpc) is 2.26. The zero-order valence-electron chi connectivity index (χ0n) is 7.99. The van der Waals surface area contributed by atoms with Gasteiger partial charge in [0.2, 0.25) is 0 Å². The highest BCUT2D eigenvalue weighted by Crippen LogP contribution is 1.98. The van der Waals surface area contributed by atoms with Gasteiger partial charge in [-0.1, -0.05) is 37.4 Å². The Hall–Kier alpha value is -1.83. The van der Waals surface area contributed by atoms with Crippen LogP contribution in [0.5, 0.6) is 0 Å². The van der Waals surface area contributed by atoms with E-state index in [0.717, 1.165) is 5.57 Å². The van der Waals surface area contributed by atoms with Crippen LogP contribution in [0.1, 0.15) is 10.4 Å². The zero-order chi connectivity index (χ0) is 10.4. The van der Waals surface area contributed by atoms with Crippen LogP contribution in [-0.2, 0) is 0 Å². The smallest absolute Gasteiger partial charge is 0.251 e. The van der Waals surface area contributed by atoms with Crippen molar-refractivity contribution in [2.75, 3.05) is 6.54 Å². The van der Waals surface area contributed by atoms with E-state index in [1.54, 1.807) is 18.2 Å². The highest BCUT2D eigenvalue weighted by atomic mass is 16.1. The van der Waals surface area contributed by atoms with E-state index in [0.29, 0.717) is 12.1 Å². The SMILES string of the molecule is C=CC(=C)CNC(=O)c1ccccc1. The Morgan fingerprint density at radius 3 is 2.57 bits per heavy atom. The van der Waals surface area contributed by atoms with Crippen molar-refractivity contribution in [1.29, 1.82) is 0 Å². The largest absolute Gasteiger partial charge is 0.348 e. The lowest BCUT2D eigenvalue weighted by molar-refractivity contribution is 0.0957. The second kappa shape index (κ2) is 5.02. The maximum Gasteiger partial charge on any atom is 0.251 e.